The maximum absolute atomic E-state index is 13.2. The topological polar surface area (TPSA) is 193 Å². The lowest BCUT2D eigenvalue weighted by Crippen LogP contribution is -2.71. The smallest absolute Gasteiger partial charge is 0.352 e. The Kier molecular flexibility index (Phi) is 7.47. The number of thioether (sulfide) groups is 1. The largest absolute Gasteiger partial charge is 0.478 e. The number of imidazole rings is 1. The highest BCUT2D eigenvalue weighted by atomic mass is 32.2. The third kappa shape index (κ3) is 5.00. The normalized spacial score (nSPS) is 19.8. The number of anilines is 1. The molecule has 0 aliphatic carbocycles. The van der Waals surface area contributed by atoms with Crippen LogP contribution in [0.5, 0.6) is 0 Å². The summed E-state index contributed by atoms with van der Waals surface area (Å²) in [5, 5.41) is 27.7. The number of hydrogen-bond acceptors (Lipinski definition) is 11. The van der Waals surface area contributed by atoms with Crippen LogP contribution in [-0.2, 0) is 37.2 Å². The molecular weight excluding hydrogens is 589 g/mol. The summed E-state index contributed by atoms with van der Waals surface area (Å²) in [5.41, 5.74) is 6.07. The third-order valence-electron chi connectivity index (χ3n) is 6.08. The standard InChI is InChI=1S/C22H20FN7O7S3/c1-9(20(33)34)37-27-14(12-7-40-22(24)25-12)17(31)26-15-18(32)30-16(21(35)36)10(5-39-19(15)30)3-28-4-13-29(8-28)11(2-23)6-38-13/h4,6-9,15,19H,2-3,5H2,1H3,(H4-,24,25,26,31,33,34,35,36)/p+1/b27-14-/t9-,15+,19+/m0/s1. The molecule has 0 radical (unpaired) electrons. The van der Waals surface area contributed by atoms with Gasteiger partial charge in [0.25, 0.3) is 11.8 Å². The molecular formula is C22H21FN7O7S3+. The molecule has 5 N–H and O–H groups in total. The molecule has 0 saturated carbocycles. The summed E-state index contributed by atoms with van der Waals surface area (Å²) in [6, 6.07) is -1.08. The SMILES string of the molecule is C[C@H](O/N=C(\C(=O)N[C@@H]1C(=O)N2C(C(=O)O)=C(C[n+]3cc4scc(CF)n4c3)CS[C@H]12)c1csc(N)n1)C(=O)O. The zero-order valence-corrected chi connectivity index (χ0v) is 23.0. The molecule has 2 aliphatic heterocycles. The zero-order chi connectivity index (χ0) is 28.7. The average Bonchev–Trinajstić information content (AvgIpc) is 3.62. The Balaban J connectivity index is 1.35. The average molecular weight is 611 g/mol. The molecule has 3 atom stereocenters. The highest BCUT2D eigenvalue weighted by Gasteiger charge is 2.54. The number of aliphatic carboxylic acids is 2. The molecule has 5 rings (SSSR count). The Morgan fingerprint density at radius 2 is 2.12 bits per heavy atom. The van der Waals surface area contributed by atoms with Gasteiger partial charge in [0.2, 0.25) is 17.3 Å². The lowest BCUT2D eigenvalue weighted by Gasteiger charge is -2.49. The van der Waals surface area contributed by atoms with Crippen LogP contribution in [0.4, 0.5) is 9.52 Å². The van der Waals surface area contributed by atoms with Crippen molar-refractivity contribution in [1.29, 1.82) is 0 Å². The molecule has 1 saturated heterocycles. The van der Waals surface area contributed by atoms with Crippen LogP contribution < -0.4 is 15.6 Å². The lowest BCUT2D eigenvalue weighted by molar-refractivity contribution is -0.687. The number of fused-ring (bicyclic) bond motifs is 2. The summed E-state index contributed by atoms with van der Waals surface area (Å²) >= 11 is 3.65. The van der Waals surface area contributed by atoms with E-state index in [4.69, 9.17) is 15.7 Å². The van der Waals surface area contributed by atoms with Gasteiger partial charge < -0.3 is 26.1 Å². The highest BCUT2D eigenvalue weighted by molar-refractivity contribution is 8.00. The Morgan fingerprint density at radius 1 is 1.35 bits per heavy atom. The first-order valence-electron chi connectivity index (χ1n) is 11.5. The lowest BCUT2D eigenvalue weighted by atomic mass is 10.0. The number of nitrogens with one attached hydrogen (secondary N) is 1. The Hall–Kier alpha value is -4.03. The molecule has 14 nitrogen and oxygen atoms in total. The van der Waals surface area contributed by atoms with Gasteiger partial charge in [0.15, 0.2) is 23.2 Å². The fourth-order valence-electron chi connectivity index (χ4n) is 4.13. The van der Waals surface area contributed by atoms with Crippen molar-refractivity contribution in [3.63, 3.8) is 0 Å². The summed E-state index contributed by atoms with van der Waals surface area (Å²) < 4.78 is 16.6. The molecule has 0 unspecified atom stereocenters. The van der Waals surface area contributed by atoms with Gasteiger partial charge in [-0.1, -0.05) is 16.5 Å². The van der Waals surface area contributed by atoms with Gasteiger partial charge in [-0.2, -0.15) is 4.40 Å². The van der Waals surface area contributed by atoms with Gasteiger partial charge in [-0.25, -0.2) is 23.5 Å². The van der Waals surface area contributed by atoms with Crippen molar-refractivity contribution in [1.82, 2.24) is 19.6 Å². The summed E-state index contributed by atoms with van der Waals surface area (Å²) in [4.78, 5) is 60.3. The number of thiazole rings is 2. The predicted molar refractivity (Wildman–Crippen MR) is 141 cm³/mol. The summed E-state index contributed by atoms with van der Waals surface area (Å²) in [5.74, 6) is -3.85. The monoisotopic (exact) mass is 610 g/mol. The van der Waals surface area contributed by atoms with Gasteiger partial charge in [-0.05, 0) is 6.92 Å². The Bertz CT molecular complexity index is 1600. The Morgan fingerprint density at radius 3 is 2.77 bits per heavy atom. The molecule has 2 aliphatic rings. The van der Waals surface area contributed by atoms with E-state index in [9.17, 15) is 28.7 Å². The fourth-order valence-corrected chi connectivity index (χ4v) is 6.92. The van der Waals surface area contributed by atoms with E-state index in [-0.39, 0.29) is 34.5 Å². The molecule has 5 heterocycles. The van der Waals surface area contributed by atoms with E-state index in [1.807, 2.05) is 0 Å². The molecule has 210 valence electrons. The van der Waals surface area contributed by atoms with Crippen LogP contribution in [0.15, 0.2) is 39.7 Å². The molecule has 0 aromatic carbocycles. The number of aromatic nitrogens is 3. The van der Waals surface area contributed by atoms with Gasteiger partial charge in [0, 0.05) is 22.1 Å². The van der Waals surface area contributed by atoms with Gasteiger partial charge in [0.05, 0.1) is 0 Å². The molecule has 1 fully saturated rings. The molecule has 0 bridgehead atoms. The van der Waals surface area contributed by atoms with Crippen LogP contribution >= 0.6 is 34.4 Å². The van der Waals surface area contributed by atoms with E-state index >= 15 is 0 Å². The Labute approximate surface area is 236 Å². The van der Waals surface area contributed by atoms with Crippen molar-refractivity contribution < 1.29 is 43.2 Å². The quantitative estimate of drug-likeness (QED) is 0.108. The van der Waals surface area contributed by atoms with E-state index in [1.165, 1.54) is 35.4 Å². The number of carbonyl (C=O) groups is 4. The number of nitrogen functional groups attached to an aromatic ring is 1. The van der Waals surface area contributed by atoms with Gasteiger partial charge in [-0.3, -0.25) is 14.5 Å². The molecule has 2 amide bonds. The third-order valence-corrected chi connectivity index (χ3v) is 9.03. The zero-order valence-electron chi connectivity index (χ0n) is 20.5. The first-order valence-corrected chi connectivity index (χ1v) is 14.3. The van der Waals surface area contributed by atoms with Crippen molar-refractivity contribution >= 4 is 73.9 Å². The molecule has 3 aromatic rings. The van der Waals surface area contributed by atoms with Crippen molar-refractivity contribution in [2.75, 3.05) is 11.5 Å². The number of carboxylic acid groups (broad SMARTS) is 2. The number of halogens is 1. The molecule has 0 spiro atoms. The van der Waals surface area contributed by atoms with Crippen molar-refractivity contribution in [2.45, 2.75) is 37.7 Å². The second-order valence-electron chi connectivity index (χ2n) is 8.70. The van der Waals surface area contributed by atoms with E-state index in [2.05, 4.69) is 15.5 Å². The molecule has 18 heteroatoms. The van der Waals surface area contributed by atoms with Gasteiger partial charge in [0.1, 0.15) is 35.5 Å². The van der Waals surface area contributed by atoms with Crippen molar-refractivity contribution in [3.8, 4) is 0 Å². The van der Waals surface area contributed by atoms with E-state index in [0.717, 1.165) is 21.1 Å². The summed E-state index contributed by atoms with van der Waals surface area (Å²) in [6.45, 7) is 0.747. The minimum atomic E-state index is -1.37. The number of nitrogens with zero attached hydrogens (tertiary/aromatic N) is 5. The number of carbonyl (C=O) groups excluding carboxylic acids is 2. The van der Waals surface area contributed by atoms with Crippen LogP contribution in [-0.4, -0.2) is 77.2 Å². The number of oxime groups is 1. The second-order valence-corrected chi connectivity index (χ2v) is 11.6. The first-order chi connectivity index (χ1) is 19.1. The maximum Gasteiger partial charge on any atom is 0.352 e. The second kappa shape index (κ2) is 10.9. The first kappa shape index (κ1) is 27.5. The minimum absolute atomic E-state index is 0.0198. The van der Waals surface area contributed by atoms with Gasteiger partial charge in [-0.15, -0.1) is 23.1 Å². The van der Waals surface area contributed by atoms with Crippen molar-refractivity contribution in [2.24, 2.45) is 5.16 Å². The highest BCUT2D eigenvalue weighted by Crippen LogP contribution is 2.40. The number of β-lactam (4-membered cyclic amide) rings is 1. The van der Waals surface area contributed by atoms with Crippen LogP contribution in [0.25, 0.3) is 4.83 Å². The maximum atomic E-state index is 13.2. The predicted octanol–water partition coefficient (Wildman–Crippen LogP) is 0.429. The van der Waals surface area contributed by atoms with Crippen LogP contribution in [0.3, 0.4) is 0 Å². The number of nitrogens with two attached hydrogens (primary N) is 1. The number of amides is 2. The number of rotatable bonds is 10. The number of alkyl halides is 1. The van der Waals surface area contributed by atoms with Crippen LogP contribution in [0.2, 0.25) is 0 Å². The van der Waals surface area contributed by atoms with Gasteiger partial charge >= 0.3 is 11.9 Å². The molecule has 40 heavy (non-hydrogen) atoms. The molecule has 3 aromatic heterocycles. The van der Waals surface area contributed by atoms with E-state index < -0.39 is 47.9 Å². The van der Waals surface area contributed by atoms with Crippen LogP contribution in [0, 0.1) is 0 Å². The fraction of sp³-hybridized carbons (Fsp3) is 0.318. The minimum Gasteiger partial charge on any atom is -0.478 e. The number of carboxylic acids is 2. The summed E-state index contributed by atoms with van der Waals surface area (Å²) in [7, 11) is 0. The van der Waals surface area contributed by atoms with E-state index in [0.29, 0.717) is 11.3 Å². The van der Waals surface area contributed by atoms with Crippen molar-refractivity contribution in [3.05, 3.63) is 45.9 Å². The summed E-state index contributed by atoms with van der Waals surface area (Å²) in [6.07, 6.45) is 2.07. The van der Waals surface area contributed by atoms with E-state index in [1.54, 1.807) is 26.9 Å². The van der Waals surface area contributed by atoms with Crippen LogP contribution in [0.1, 0.15) is 18.3 Å². The number of hydrogen-bond donors (Lipinski definition) is 4.